The summed E-state index contributed by atoms with van der Waals surface area (Å²) in [5, 5.41) is 17.7. The molecule has 2 fully saturated rings. The summed E-state index contributed by atoms with van der Waals surface area (Å²) >= 11 is 0. The average Bonchev–Trinajstić information content (AvgIpc) is 2.96. The summed E-state index contributed by atoms with van der Waals surface area (Å²) in [6.45, 7) is 7.24. The van der Waals surface area contributed by atoms with Gasteiger partial charge in [-0.05, 0) is 69.5 Å². The van der Waals surface area contributed by atoms with Gasteiger partial charge in [0.05, 0.1) is 18.2 Å². The summed E-state index contributed by atoms with van der Waals surface area (Å²) in [6, 6.07) is 18.5. The molecule has 1 heterocycles. The fourth-order valence-corrected chi connectivity index (χ4v) is 6.45. The first-order valence-electron chi connectivity index (χ1n) is 15.4. The number of nitrogens with one attached hydrogen (secondary N) is 2. The van der Waals surface area contributed by atoms with E-state index in [2.05, 4.69) is 15.5 Å². The summed E-state index contributed by atoms with van der Waals surface area (Å²) < 4.78 is 5.49. The lowest BCUT2D eigenvalue weighted by Gasteiger charge is -2.44. The van der Waals surface area contributed by atoms with Gasteiger partial charge in [-0.15, -0.1) is 0 Å². The summed E-state index contributed by atoms with van der Waals surface area (Å²) in [5.41, 5.74) is 1.58. The van der Waals surface area contributed by atoms with Crippen LogP contribution in [-0.4, -0.2) is 58.8 Å². The van der Waals surface area contributed by atoms with Gasteiger partial charge in [0.1, 0.15) is 6.61 Å². The molecule has 0 radical (unpaired) electrons. The van der Waals surface area contributed by atoms with Gasteiger partial charge in [-0.1, -0.05) is 92.8 Å². The summed E-state index contributed by atoms with van der Waals surface area (Å²) in [7, 11) is 0. The minimum atomic E-state index is -0.879. The van der Waals surface area contributed by atoms with Gasteiger partial charge >= 0.3 is 6.09 Å². The number of hydrogen-bond donors (Lipinski definition) is 3. The van der Waals surface area contributed by atoms with E-state index in [-0.39, 0.29) is 24.1 Å². The molecule has 2 aromatic rings. The molecule has 2 amide bonds. The predicted molar refractivity (Wildman–Crippen MR) is 162 cm³/mol. The number of likely N-dealkylation sites (tertiary alicyclic amines) is 1. The van der Waals surface area contributed by atoms with E-state index in [0.717, 1.165) is 30.5 Å². The molecular weight excluding hydrogens is 514 g/mol. The third-order valence-electron chi connectivity index (χ3n) is 8.57. The smallest absolute Gasteiger partial charge is 0.407 e. The van der Waals surface area contributed by atoms with Gasteiger partial charge in [0.2, 0.25) is 5.91 Å². The highest BCUT2D eigenvalue weighted by Gasteiger charge is 2.39. The number of rotatable bonds is 10. The van der Waals surface area contributed by atoms with Crippen LogP contribution in [0.2, 0.25) is 0 Å². The standard InChI is InChI=1S/C34H49N3O4/c1-34(2,3)36-32(39)30-22-28(27-17-11-6-12-18-27)19-20-37(30)23-31(38)29(21-25-13-7-4-8-14-25)35-33(40)41-24-26-15-9-5-10-16-26/h4-5,7-10,13-16,27-31,38H,6,11-12,17-24H2,1-3H3,(H,35,40)(H,36,39)/t28-,29+,30+,31-/m1/s1. The number of benzene rings is 2. The molecule has 0 unspecified atom stereocenters. The molecule has 0 spiro atoms. The van der Waals surface area contributed by atoms with Crippen molar-refractivity contribution in [3.8, 4) is 0 Å². The van der Waals surface area contributed by atoms with E-state index < -0.39 is 18.2 Å². The Hall–Kier alpha value is -2.90. The van der Waals surface area contributed by atoms with Crippen molar-refractivity contribution in [3.63, 3.8) is 0 Å². The Morgan fingerprint density at radius 1 is 0.927 bits per heavy atom. The topological polar surface area (TPSA) is 90.9 Å². The Morgan fingerprint density at radius 2 is 1.56 bits per heavy atom. The first-order valence-corrected chi connectivity index (χ1v) is 15.4. The fraction of sp³-hybridized carbons (Fsp3) is 0.588. The second kappa shape index (κ2) is 14.8. The zero-order valence-electron chi connectivity index (χ0n) is 25.1. The van der Waals surface area contributed by atoms with Crippen LogP contribution in [0.15, 0.2) is 60.7 Å². The van der Waals surface area contributed by atoms with Crippen molar-refractivity contribution in [2.24, 2.45) is 11.8 Å². The molecule has 1 aliphatic heterocycles. The largest absolute Gasteiger partial charge is 0.445 e. The zero-order valence-corrected chi connectivity index (χ0v) is 25.1. The van der Waals surface area contributed by atoms with Crippen LogP contribution in [-0.2, 0) is 22.6 Å². The number of β-amino-alcohol motifs (C(OH)–C–C–N with tert-alkyl or cyclic N) is 1. The number of alkyl carbamates (subject to hydrolysis) is 1. The van der Waals surface area contributed by atoms with E-state index in [1.807, 2.05) is 81.4 Å². The minimum absolute atomic E-state index is 0.0278. The van der Waals surface area contributed by atoms with Crippen LogP contribution < -0.4 is 10.6 Å². The van der Waals surface area contributed by atoms with Crippen molar-refractivity contribution in [2.75, 3.05) is 13.1 Å². The van der Waals surface area contributed by atoms with E-state index in [1.165, 1.54) is 32.1 Å². The van der Waals surface area contributed by atoms with Crippen LogP contribution in [0.3, 0.4) is 0 Å². The number of ether oxygens (including phenoxy) is 1. The molecule has 7 nitrogen and oxygen atoms in total. The molecule has 3 N–H and O–H groups in total. The number of aliphatic hydroxyl groups is 1. The normalized spacial score (nSPS) is 22.0. The van der Waals surface area contributed by atoms with E-state index in [9.17, 15) is 14.7 Å². The van der Waals surface area contributed by atoms with Crippen LogP contribution in [0.25, 0.3) is 0 Å². The second-order valence-corrected chi connectivity index (χ2v) is 13.0. The number of piperidine rings is 1. The maximum Gasteiger partial charge on any atom is 0.407 e. The molecule has 224 valence electrons. The Morgan fingerprint density at radius 3 is 2.20 bits per heavy atom. The maximum absolute atomic E-state index is 13.6. The van der Waals surface area contributed by atoms with Crippen molar-refractivity contribution < 1.29 is 19.4 Å². The van der Waals surface area contributed by atoms with Gasteiger partial charge in [0.15, 0.2) is 0 Å². The number of nitrogens with zero attached hydrogens (tertiary/aromatic N) is 1. The molecule has 0 bridgehead atoms. The van der Waals surface area contributed by atoms with Gasteiger partial charge in [-0.3, -0.25) is 9.69 Å². The molecule has 4 atom stereocenters. The summed E-state index contributed by atoms with van der Waals surface area (Å²) in [6.07, 6.45) is 7.28. The first-order chi connectivity index (χ1) is 19.7. The monoisotopic (exact) mass is 563 g/mol. The molecule has 0 aromatic heterocycles. The summed E-state index contributed by atoms with van der Waals surface area (Å²) in [4.78, 5) is 28.5. The van der Waals surface area contributed by atoms with Crippen LogP contribution in [0.1, 0.15) is 76.8 Å². The Kier molecular flexibility index (Phi) is 11.2. The highest BCUT2D eigenvalue weighted by atomic mass is 16.5. The predicted octanol–water partition coefficient (Wildman–Crippen LogP) is 5.46. The molecular formula is C34H49N3O4. The number of carbonyl (C=O) groups excluding carboxylic acids is 2. The molecule has 1 saturated carbocycles. The van der Waals surface area contributed by atoms with Gasteiger partial charge in [0.25, 0.3) is 0 Å². The van der Waals surface area contributed by atoms with Gasteiger partial charge < -0.3 is 20.5 Å². The quantitative estimate of drug-likeness (QED) is 0.357. The lowest BCUT2D eigenvalue weighted by molar-refractivity contribution is -0.131. The minimum Gasteiger partial charge on any atom is -0.445 e. The van der Waals surface area contributed by atoms with Crippen molar-refractivity contribution in [3.05, 3.63) is 71.8 Å². The number of aliphatic hydroxyl groups excluding tert-OH is 1. The SMILES string of the molecule is CC(C)(C)NC(=O)[C@@H]1C[C@H](C2CCCCC2)CCN1C[C@@H](O)[C@H](Cc1ccccc1)NC(=O)OCc1ccccc1. The van der Waals surface area contributed by atoms with Crippen molar-refractivity contribution in [1.29, 1.82) is 0 Å². The average molecular weight is 564 g/mol. The zero-order chi connectivity index (χ0) is 29.2. The van der Waals surface area contributed by atoms with E-state index in [1.54, 1.807) is 0 Å². The van der Waals surface area contributed by atoms with Gasteiger partial charge in [-0.25, -0.2) is 4.79 Å². The molecule has 2 aromatic carbocycles. The first kappa shape index (κ1) is 31.0. The lowest BCUT2D eigenvalue weighted by Crippen LogP contribution is -2.59. The number of hydrogen-bond acceptors (Lipinski definition) is 5. The Balaban J connectivity index is 1.45. The Labute approximate surface area is 246 Å². The van der Waals surface area contributed by atoms with Gasteiger partial charge in [-0.2, -0.15) is 0 Å². The molecule has 1 saturated heterocycles. The van der Waals surface area contributed by atoms with Gasteiger partial charge in [0, 0.05) is 12.1 Å². The van der Waals surface area contributed by atoms with Crippen molar-refractivity contribution in [2.45, 2.75) is 102 Å². The molecule has 1 aliphatic carbocycles. The highest BCUT2D eigenvalue weighted by molar-refractivity contribution is 5.82. The highest BCUT2D eigenvalue weighted by Crippen LogP contribution is 2.37. The fourth-order valence-electron chi connectivity index (χ4n) is 6.45. The molecule has 7 heteroatoms. The maximum atomic E-state index is 13.6. The number of amides is 2. The molecule has 41 heavy (non-hydrogen) atoms. The van der Waals surface area contributed by atoms with Crippen LogP contribution in [0.4, 0.5) is 4.79 Å². The van der Waals surface area contributed by atoms with Crippen LogP contribution in [0, 0.1) is 11.8 Å². The molecule has 4 rings (SSSR count). The second-order valence-electron chi connectivity index (χ2n) is 13.0. The van der Waals surface area contributed by atoms with Crippen molar-refractivity contribution in [1.82, 2.24) is 15.5 Å². The number of carbonyl (C=O) groups is 2. The van der Waals surface area contributed by atoms with Crippen molar-refractivity contribution >= 4 is 12.0 Å². The third-order valence-corrected chi connectivity index (χ3v) is 8.57. The van der Waals surface area contributed by atoms with E-state index in [4.69, 9.17) is 4.74 Å². The van der Waals surface area contributed by atoms with Crippen LogP contribution in [0.5, 0.6) is 0 Å². The van der Waals surface area contributed by atoms with E-state index >= 15 is 0 Å². The third kappa shape index (κ3) is 9.86. The molecule has 2 aliphatic rings. The van der Waals surface area contributed by atoms with Crippen LogP contribution >= 0.6 is 0 Å². The summed E-state index contributed by atoms with van der Waals surface area (Å²) in [5.74, 6) is 1.25. The Bertz CT molecular complexity index is 1080. The lowest BCUT2D eigenvalue weighted by atomic mass is 9.74. The van der Waals surface area contributed by atoms with E-state index in [0.29, 0.717) is 24.8 Å².